The van der Waals surface area contributed by atoms with Crippen LogP contribution in [0.2, 0.25) is 0 Å². The first-order valence-electron chi connectivity index (χ1n) is 21.4. The summed E-state index contributed by atoms with van der Waals surface area (Å²) in [5.74, 6) is 1.95. The Morgan fingerprint density at radius 3 is 1.26 bits per heavy atom. The average molecular weight is 788 g/mol. The van der Waals surface area contributed by atoms with E-state index in [0.717, 1.165) is 22.3 Å². The van der Waals surface area contributed by atoms with E-state index in [2.05, 4.69) is 164 Å². The number of rotatable bonds is 5. The van der Waals surface area contributed by atoms with Gasteiger partial charge in [0.05, 0.1) is 10.8 Å². The molecule has 3 nitrogen and oxygen atoms in total. The summed E-state index contributed by atoms with van der Waals surface area (Å²) in [6, 6.07) is 81.8. The lowest BCUT2D eigenvalue weighted by Gasteiger charge is -2.48. The first-order valence-corrected chi connectivity index (χ1v) is 21.4. The molecule has 3 aliphatic rings. The number of fused-ring (bicyclic) bond motifs is 12. The van der Waals surface area contributed by atoms with Crippen molar-refractivity contribution in [2.45, 2.75) is 10.8 Å². The summed E-state index contributed by atoms with van der Waals surface area (Å²) in [6.45, 7) is 0. The highest BCUT2D eigenvalue weighted by Crippen LogP contribution is 2.69. The van der Waals surface area contributed by atoms with Crippen molar-refractivity contribution < 1.29 is 0 Å². The monoisotopic (exact) mass is 787 g/mol. The third kappa shape index (κ3) is 4.62. The largest absolute Gasteiger partial charge is 0.208 e. The minimum Gasteiger partial charge on any atom is -0.208 e. The van der Waals surface area contributed by atoms with Crippen LogP contribution in [0, 0.1) is 0 Å². The van der Waals surface area contributed by atoms with E-state index >= 15 is 0 Å². The maximum Gasteiger partial charge on any atom is 0.164 e. The lowest BCUT2D eigenvalue weighted by atomic mass is 9.52. The zero-order chi connectivity index (χ0) is 40.8. The SMILES string of the molecule is c1ccc(-c2nc(-c3ccccc3)nc(-c3ccc(-c4cccc5c4-c4ccccc4C54c5ccccc5C5(c6ccccc6)c6ccccc6-c6cccc4c65)cc3)n2)cc1. The number of benzene rings is 9. The van der Waals surface area contributed by atoms with Crippen molar-refractivity contribution in [2.24, 2.45) is 0 Å². The standard InChI is InChI=1S/C59H37N3/c1-4-18-39(19-5-1)55-60-56(40-20-6-2-7-21-40)62-57(61-55)41-36-34-38(35-37-41)43-26-16-32-51-53(43)46-25-11-13-29-48(46)59(51)50-31-15-14-30-49(50)58(42-22-8-3-9-23-42)47-28-12-10-24-44(47)45-27-17-33-52(59)54(45)58/h1-37H. The Balaban J connectivity index is 1.03. The van der Waals surface area contributed by atoms with Gasteiger partial charge in [-0.3, -0.25) is 0 Å². The fourth-order valence-electron chi connectivity index (χ4n) is 11.3. The summed E-state index contributed by atoms with van der Waals surface area (Å²) >= 11 is 0. The van der Waals surface area contributed by atoms with Gasteiger partial charge >= 0.3 is 0 Å². The van der Waals surface area contributed by atoms with E-state index in [4.69, 9.17) is 15.0 Å². The molecular weight excluding hydrogens is 751 g/mol. The van der Waals surface area contributed by atoms with E-state index < -0.39 is 10.8 Å². The van der Waals surface area contributed by atoms with Gasteiger partial charge in [0.1, 0.15) is 0 Å². The van der Waals surface area contributed by atoms with Gasteiger partial charge in [-0.1, -0.05) is 224 Å². The highest BCUT2D eigenvalue weighted by atomic mass is 15.0. The smallest absolute Gasteiger partial charge is 0.164 e. The summed E-state index contributed by atoms with van der Waals surface area (Å²) in [5, 5.41) is 0. The zero-order valence-corrected chi connectivity index (χ0v) is 33.7. The molecule has 1 spiro atoms. The van der Waals surface area contributed by atoms with E-state index in [-0.39, 0.29) is 0 Å². The molecule has 10 aromatic rings. The van der Waals surface area contributed by atoms with Gasteiger partial charge in [0.15, 0.2) is 17.5 Å². The number of hydrogen-bond donors (Lipinski definition) is 0. The van der Waals surface area contributed by atoms with Gasteiger partial charge in [0, 0.05) is 16.7 Å². The van der Waals surface area contributed by atoms with Gasteiger partial charge < -0.3 is 0 Å². The van der Waals surface area contributed by atoms with E-state index in [9.17, 15) is 0 Å². The maximum absolute atomic E-state index is 5.03. The van der Waals surface area contributed by atoms with Crippen LogP contribution in [0.3, 0.4) is 0 Å². The van der Waals surface area contributed by atoms with Crippen LogP contribution in [0.1, 0.15) is 44.5 Å². The summed E-state index contributed by atoms with van der Waals surface area (Å²) in [7, 11) is 0. The van der Waals surface area contributed by atoms with Crippen LogP contribution < -0.4 is 0 Å². The van der Waals surface area contributed by atoms with E-state index in [1.54, 1.807) is 0 Å². The first kappa shape index (κ1) is 34.8. The molecule has 2 atom stereocenters. The van der Waals surface area contributed by atoms with Gasteiger partial charge in [-0.15, -0.1) is 0 Å². The Morgan fingerprint density at radius 1 is 0.242 bits per heavy atom. The highest BCUT2D eigenvalue weighted by molar-refractivity contribution is 5.99. The first-order chi connectivity index (χ1) is 30.8. The van der Waals surface area contributed by atoms with Crippen LogP contribution in [0.25, 0.3) is 67.5 Å². The predicted molar refractivity (Wildman–Crippen MR) is 250 cm³/mol. The molecular formula is C59H37N3. The highest BCUT2D eigenvalue weighted by Gasteiger charge is 2.59. The molecule has 0 fully saturated rings. The summed E-state index contributed by atoms with van der Waals surface area (Å²) in [5.41, 5.74) is 20.1. The lowest BCUT2D eigenvalue weighted by Crippen LogP contribution is -2.43. The van der Waals surface area contributed by atoms with Gasteiger partial charge in [0.2, 0.25) is 0 Å². The normalized spacial score (nSPS) is 17.2. The minimum absolute atomic E-state index is 0.466. The second-order valence-corrected chi connectivity index (χ2v) is 16.6. The minimum atomic E-state index is -0.545. The van der Waals surface area contributed by atoms with Crippen molar-refractivity contribution in [1.29, 1.82) is 0 Å². The maximum atomic E-state index is 5.03. The molecule has 1 aromatic heterocycles. The van der Waals surface area contributed by atoms with E-state index in [1.807, 2.05) is 60.7 Å². The third-order valence-electron chi connectivity index (χ3n) is 13.6. The molecule has 3 heteroatoms. The van der Waals surface area contributed by atoms with Gasteiger partial charge in [0.25, 0.3) is 0 Å². The Bertz CT molecular complexity index is 3340. The van der Waals surface area contributed by atoms with Crippen molar-refractivity contribution in [1.82, 2.24) is 15.0 Å². The topological polar surface area (TPSA) is 38.7 Å². The molecule has 0 saturated carbocycles. The average Bonchev–Trinajstić information content (AvgIpc) is 3.83. The molecule has 0 amide bonds. The van der Waals surface area contributed by atoms with E-state index in [0.29, 0.717) is 17.5 Å². The van der Waals surface area contributed by atoms with Crippen molar-refractivity contribution in [2.75, 3.05) is 0 Å². The van der Waals surface area contributed by atoms with Crippen molar-refractivity contribution in [3.05, 3.63) is 269 Å². The molecule has 13 rings (SSSR count). The Hall–Kier alpha value is -8.01. The molecule has 9 aromatic carbocycles. The fourth-order valence-corrected chi connectivity index (χ4v) is 11.3. The Kier molecular flexibility index (Phi) is 7.44. The Morgan fingerprint density at radius 2 is 0.645 bits per heavy atom. The number of nitrogens with zero attached hydrogens (tertiary/aromatic N) is 3. The summed E-state index contributed by atoms with van der Waals surface area (Å²) in [4.78, 5) is 15.0. The zero-order valence-electron chi connectivity index (χ0n) is 33.7. The van der Waals surface area contributed by atoms with Crippen LogP contribution in [0.4, 0.5) is 0 Å². The molecule has 288 valence electrons. The number of aromatic nitrogens is 3. The van der Waals surface area contributed by atoms with Gasteiger partial charge in [-0.2, -0.15) is 0 Å². The predicted octanol–water partition coefficient (Wildman–Crippen LogP) is 13.6. The van der Waals surface area contributed by atoms with Crippen molar-refractivity contribution in [3.8, 4) is 67.5 Å². The lowest BCUT2D eigenvalue weighted by molar-refractivity contribution is 0.636. The molecule has 3 aliphatic carbocycles. The van der Waals surface area contributed by atoms with Crippen LogP contribution in [0.15, 0.2) is 224 Å². The van der Waals surface area contributed by atoms with Crippen molar-refractivity contribution >= 4 is 0 Å². The second-order valence-electron chi connectivity index (χ2n) is 16.6. The fraction of sp³-hybridized carbons (Fsp3) is 0.0339. The molecule has 0 N–H and O–H groups in total. The van der Waals surface area contributed by atoms with Gasteiger partial charge in [-0.05, 0) is 77.9 Å². The van der Waals surface area contributed by atoms with Crippen LogP contribution in [-0.4, -0.2) is 15.0 Å². The summed E-state index contributed by atoms with van der Waals surface area (Å²) in [6.07, 6.45) is 0. The second kappa shape index (κ2) is 13.2. The molecule has 62 heavy (non-hydrogen) atoms. The van der Waals surface area contributed by atoms with Gasteiger partial charge in [-0.25, -0.2) is 15.0 Å². The molecule has 0 bridgehead atoms. The Labute approximate surface area is 360 Å². The van der Waals surface area contributed by atoms with Crippen LogP contribution >= 0.6 is 0 Å². The van der Waals surface area contributed by atoms with Crippen LogP contribution in [0.5, 0.6) is 0 Å². The molecule has 1 heterocycles. The van der Waals surface area contributed by atoms with Crippen LogP contribution in [-0.2, 0) is 10.8 Å². The quantitative estimate of drug-likeness (QED) is 0.174. The molecule has 0 radical (unpaired) electrons. The molecule has 0 saturated heterocycles. The third-order valence-corrected chi connectivity index (χ3v) is 13.6. The van der Waals surface area contributed by atoms with Crippen molar-refractivity contribution in [3.63, 3.8) is 0 Å². The summed E-state index contributed by atoms with van der Waals surface area (Å²) < 4.78 is 0. The number of hydrogen-bond acceptors (Lipinski definition) is 3. The van der Waals surface area contributed by atoms with E-state index in [1.165, 1.54) is 72.3 Å². The molecule has 0 aliphatic heterocycles. The molecule has 2 unspecified atom stereocenters.